The van der Waals surface area contributed by atoms with Crippen LogP contribution in [0.4, 0.5) is 0 Å². The predicted octanol–water partition coefficient (Wildman–Crippen LogP) is 9.47. The van der Waals surface area contributed by atoms with Crippen molar-refractivity contribution in [3.05, 3.63) is 106 Å². The molecule has 0 fully saturated rings. The van der Waals surface area contributed by atoms with Gasteiger partial charge in [-0.2, -0.15) is 5.26 Å². The molecule has 4 heteroatoms. The molecule has 4 nitrogen and oxygen atoms in total. The van der Waals surface area contributed by atoms with Crippen molar-refractivity contribution >= 4 is 28.9 Å². The molecule has 3 heterocycles. The number of rotatable bonds is 3. The lowest BCUT2D eigenvalue weighted by atomic mass is 9.81. The Morgan fingerprint density at radius 2 is 1.86 bits per heavy atom. The normalized spacial score (nSPS) is 24.5. The number of benzene rings is 1. The molecule has 0 saturated carbocycles. The Labute approximate surface area is 247 Å². The number of nitrogens with zero attached hydrogens (tertiary/aromatic N) is 3. The summed E-state index contributed by atoms with van der Waals surface area (Å²) >= 11 is 0. The Morgan fingerprint density at radius 1 is 1.00 bits per heavy atom. The van der Waals surface area contributed by atoms with Crippen LogP contribution in [0.2, 0.25) is 0 Å². The highest BCUT2D eigenvalue weighted by Crippen LogP contribution is 2.51. The van der Waals surface area contributed by atoms with E-state index in [0.29, 0.717) is 11.8 Å². The molecule has 1 aliphatic heterocycles. The Morgan fingerprint density at radius 3 is 2.69 bits per heavy atom. The molecule has 0 amide bonds. The molecular weight excluding hydrogens is 514 g/mol. The summed E-state index contributed by atoms with van der Waals surface area (Å²) in [5.41, 5.74) is 12.9. The fourth-order valence-corrected chi connectivity index (χ4v) is 7.68. The largest absolute Gasteiger partial charge is 0.456 e. The zero-order valence-electron chi connectivity index (χ0n) is 24.4. The summed E-state index contributed by atoms with van der Waals surface area (Å²) in [5.74, 6) is 2.97. The number of fused-ring (bicyclic) bond motifs is 7. The summed E-state index contributed by atoms with van der Waals surface area (Å²) < 4.78 is 9.26. The van der Waals surface area contributed by atoms with Gasteiger partial charge < -0.3 is 8.98 Å². The summed E-state index contributed by atoms with van der Waals surface area (Å²) in [6.45, 7) is 4.68. The van der Waals surface area contributed by atoms with Gasteiger partial charge in [0.25, 0.3) is 0 Å². The van der Waals surface area contributed by atoms with Crippen molar-refractivity contribution < 1.29 is 4.42 Å². The van der Waals surface area contributed by atoms with Gasteiger partial charge in [0.05, 0.1) is 23.2 Å². The number of allylic oxidation sites excluding steroid dienone is 9. The molecule has 2 aromatic heterocycles. The Hall–Kier alpha value is -4.36. The topological polar surface area (TPSA) is 54.2 Å². The minimum atomic E-state index is -0.124. The SMILES string of the molecule is CC1C=Cc2oc3c(c2C1)C(C)Cc1c-3c2ccccc2n1C1=CC(C2=CCCC=C2C2=CCC(C#N)C=N2)=CCC1. The van der Waals surface area contributed by atoms with Gasteiger partial charge in [-0.05, 0) is 86.1 Å². The van der Waals surface area contributed by atoms with Gasteiger partial charge in [0.2, 0.25) is 0 Å². The highest BCUT2D eigenvalue weighted by Gasteiger charge is 2.36. The first-order chi connectivity index (χ1) is 20.6. The molecular formula is C38H35N3O. The number of aliphatic imine (C=N–C) groups is 1. The minimum absolute atomic E-state index is 0.124. The van der Waals surface area contributed by atoms with Gasteiger partial charge in [-0.25, -0.2) is 0 Å². The number of para-hydroxylation sites is 1. The summed E-state index contributed by atoms with van der Waals surface area (Å²) in [4.78, 5) is 4.72. The maximum atomic E-state index is 9.32. The second-order valence-corrected chi connectivity index (χ2v) is 12.5. The van der Waals surface area contributed by atoms with Crippen LogP contribution in [0.15, 0.2) is 92.5 Å². The van der Waals surface area contributed by atoms with Crippen LogP contribution in [-0.2, 0) is 12.8 Å². The second-order valence-electron chi connectivity index (χ2n) is 12.5. The summed E-state index contributed by atoms with van der Waals surface area (Å²) in [7, 11) is 0. The van der Waals surface area contributed by atoms with E-state index in [9.17, 15) is 5.26 Å². The highest BCUT2D eigenvalue weighted by atomic mass is 16.3. The number of furan rings is 1. The van der Waals surface area contributed by atoms with E-state index < -0.39 is 0 Å². The van der Waals surface area contributed by atoms with Gasteiger partial charge in [-0.15, -0.1) is 0 Å². The van der Waals surface area contributed by atoms with Crippen LogP contribution in [0.5, 0.6) is 0 Å². The smallest absolute Gasteiger partial charge is 0.141 e. The molecule has 1 aromatic carbocycles. The van der Waals surface area contributed by atoms with Crippen LogP contribution in [0.1, 0.15) is 74.5 Å². The standard InChI is InChI=1S/C38H35N3O/c1-23-14-17-35-31(18-23)36-24(2)19-34-37(38(36)42-35)30-12-5-6-13-33(30)41(34)27-9-7-8-26(20-27)28-10-3-4-11-29(28)32-16-15-25(21-39)22-40-32/h5-6,8,10-14,16-17,20,22-25H,3-4,7,9,15,18-19H2,1-2H3. The number of aromatic nitrogens is 1. The molecule has 4 aliphatic carbocycles. The van der Waals surface area contributed by atoms with Gasteiger partial charge in [-0.3, -0.25) is 4.99 Å². The maximum Gasteiger partial charge on any atom is 0.141 e. The zero-order chi connectivity index (χ0) is 28.4. The van der Waals surface area contributed by atoms with Crippen molar-refractivity contribution in [3.63, 3.8) is 0 Å². The van der Waals surface area contributed by atoms with E-state index in [4.69, 9.17) is 9.41 Å². The average Bonchev–Trinajstić information content (AvgIpc) is 3.57. The van der Waals surface area contributed by atoms with Crippen LogP contribution >= 0.6 is 0 Å². The van der Waals surface area contributed by atoms with Gasteiger partial charge in [0, 0.05) is 45.3 Å². The van der Waals surface area contributed by atoms with E-state index in [1.807, 2.05) is 6.21 Å². The van der Waals surface area contributed by atoms with Crippen LogP contribution in [0.3, 0.4) is 0 Å². The van der Waals surface area contributed by atoms with Crippen molar-refractivity contribution in [2.75, 3.05) is 0 Å². The van der Waals surface area contributed by atoms with E-state index in [2.05, 4.69) is 91.3 Å². The Balaban J connectivity index is 1.24. The van der Waals surface area contributed by atoms with Crippen LogP contribution in [0, 0.1) is 23.2 Å². The third kappa shape index (κ3) is 3.91. The molecule has 0 saturated heterocycles. The maximum absolute atomic E-state index is 9.32. The fourth-order valence-electron chi connectivity index (χ4n) is 7.68. The van der Waals surface area contributed by atoms with Crippen molar-refractivity contribution in [1.29, 1.82) is 5.26 Å². The van der Waals surface area contributed by atoms with E-state index in [1.165, 1.54) is 55.7 Å². The molecule has 0 radical (unpaired) electrons. The van der Waals surface area contributed by atoms with Gasteiger partial charge >= 0.3 is 0 Å². The van der Waals surface area contributed by atoms with E-state index in [-0.39, 0.29) is 5.92 Å². The van der Waals surface area contributed by atoms with Gasteiger partial charge in [-0.1, -0.05) is 62.4 Å². The third-order valence-corrected chi connectivity index (χ3v) is 9.61. The highest BCUT2D eigenvalue weighted by molar-refractivity contribution is 6.01. The monoisotopic (exact) mass is 549 g/mol. The molecule has 42 heavy (non-hydrogen) atoms. The Bertz CT molecular complexity index is 1900. The molecule has 0 spiro atoms. The van der Waals surface area contributed by atoms with Crippen molar-refractivity contribution in [2.45, 2.75) is 64.7 Å². The quantitative estimate of drug-likeness (QED) is 0.327. The lowest BCUT2D eigenvalue weighted by Crippen LogP contribution is -2.14. The second kappa shape index (κ2) is 9.88. The minimum Gasteiger partial charge on any atom is -0.456 e. The molecule has 3 aromatic rings. The van der Waals surface area contributed by atoms with Crippen molar-refractivity contribution in [2.24, 2.45) is 16.8 Å². The Kier molecular flexibility index (Phi) is 5.96. The van der Waals surface area contributed by atoms with Crippen molar-refractivity contribution in [1.82, 2.24) is 4.57 Å². The first-order valence-electron chi connectivity index (χ1n) is 15.5. The lowest BCUT2D eigenvalue weighted by Gasteiger charge is -2.26. The number of hydrogen-bond donors (Lipinski definition) is 0. The van der Waals surface area contributed by atoms with Gasteiger partial charge in [0.1, 0.15) is 11.5 Å². The summed E-state index contributed by atoms with van der Waals surface area (Å²) in [6, 6.07) is 11.2. The molecule has 5 aliphatic rings. The van der Waals surface area contributed by atoms with E-state index >= 15 is 0 Å². The van der Waals surface area contributed by atoms with Crippen LogP contribution < -0.4 is 0 Å². The molecule has 0 N–H and O–H groups in total. The van der Waals surface area contributed by atoms with Crippen molar-refractivity contribution in [3.8, 4) is 17.4 Å². The molecule has 3 atom stereocenters. The zero-order valence-corrected chi connectivity index (χ0v) is 24.4. The van der Waals surface area contributed by atoms with E-state index in [1.54, 1.807) is 0 Å². The number of nitriles is 1. The molecule has 208 valence electrons. The molecule has 3 unspecified atom stereocenters. The lowest BCUT2D eigenvalue weighted by molar-refractivity contribution is 0.551. The molecule has 8 rings (SSSR count). The molecule has 0 bridgehead atoms. The number of hydrogen-bond acceptors (Lipinski definition) is 3. The van der Waals surface area contributed by atoms with Gasteiger partial charge in [0.15, 0.2) is 0 Å². The third-order valence-electron chi connectivity index (χ3n) is 9.61. The average molecular weight is 550 g/mol. The fraction of sp³-hybridized carbons (Fsp3) is 0.316. The van der Waals surface area contributed by atoms with Crippen LogP contribution in [0.25, 0.3) is 34.0 Å². The first kappa shape index (κ1) is 25.4. The first-order valence-corrected chi connectivity index (χ1v) is 15.5. The van der Waals surface area contributed by atoms with Crippen LogP contribution in [-0.4, -0.2) is 10.8 Å². The predicted molar refractivity (Wildman–Crippen MR) is 171 cm³/mol. The van der Waals surface area contributed by atoms with E-state index in [0.717, 1.165) is 62.2 Å². The summed E-state index contributed by atoms with van der Waals surface area (Å²) in [6.07, 6.45) is 24.8. The summed E-state index contributed by atoms with van der Waals surface area (Å²) in [5, 5.41) is 10.6.